The van der Waals surface area contributed by atoms with E-state index in [2.05, 4.69) is 18.5 Å². The lowest BCUT2D eigenvalue weighted by Crippen LogP contribution is -2.19. The van der Waals surface area contributed by atoms with Crippen molar-refractivity contribution in [2.24, 2.45) is 0 Å². The summed E-state index contributed by atoms with van der Waals surface area (Å²) in [5, 5.41) is 0. The lowest BCUT2D eigenvalue weighted by molar-refractivity contribution is 0.803. The molecule has 0 amide bonds. The SMILES string of the molecule is C=CCCCN(C)c1ccccc1N. The van der Waals surface area contributed by atoms with Crippen LogP contribution in [0.3, 0.4) is 0 Å². The maximum atomic E-state index is 5.86. The monoisotopic (exact) mass is 190 g/mol. The Hall–Kier alpha value is -1.44. The third-order valence-electron chi connectivity index (χ3n) is 2.25. The lowest BCUT2D eigenvalue weighted by Gasteiger charge is -2.20. The fourth-order valence-electron chi connectivity index (χ4n) is 1.43. The van der Waals surface area contributed by atoms with E-state index in [9.17, 15) is 0 Å². The van der Waals surface area contributed by atoms with Crippen LogP contribution in [-0.4, -0.2) is 13.6 Å². The molecule has 0 aliphatic heterocycles. The molecule has 76 valence electrons. The van der Waals surface area contributed by atoms with Crippen LogP contribution in [0.1, 0.15) is 12.8 Å². The average Bonchev–Trinajstić information content (AvgIpc) is 2.18. The number of benzene rings is 1. The van der Waals surface area contributed by atoms with E-state index in [1.807, 2.05) is 30.3 Å². The van der Waals surface area contributed by atoms with E-state index in [1.165, 1.54) is 0 Å². The van der Waals surface area contributed by atoms with Gasteiger partial charge in [-0.05, 0) is 25.0 Å². The predicted octanol–water partition coefficient (Wildman–Crippen LogP) is 2.67. The summed E-state index contributed by atoms with van der Waals surface area (Å²) in [5.74, 6) is 0. The summed E-state index contributed by atoms with van der Waals surface area (Å²) < 4.78 is 0. The van der Waals surface area contributed by atoms with Crippen molar-refractivity contribution < 1.29 is 0 Å². The van der Waals surface area contributed by atoms with Gasteiger partial charge in [-0.1, -0.05) is 18.2 Å². The van der Waals surface area contributed by atoms with Crippen LogP contribution in [0.15, 0.2) is 36.9 Å². The average molecular weight is 190 g/mol. The molecule has 2 N–H and O–H groups in total. The van der Waals surface area contributed by atoms with Crippen molar-refractivity contribution in [2.75, 3.05) is 24.2 Å². The number of para-hydroxylation sites is 2. The van der Waals surface area contributed by atoms with Crippen LogP contribution in [0.25, 0.3) is 0 Å². The number of hydrogen-bond donors (Lipinski definition) is 1. The van der Waals surface area contributed by atoms with Crippen LogP contribution >= 0.6 is 0 Å². The molecule has 0 aliphatic rings. The molecule has 0 bridgehead atoms. The summed E-state index contributed by atoms with van der Waals surface area (Å²) in [4.78, 5) is 2.18. The first-order valence-corrected chi connectivity index (χ1v) is 4.92. The van der Waals surface area contributed by atoms with E-state index in [1.54, 1.807) is 0 Å². The number of rotatable bonds is 5. The molecule has 1 rings (SSSR count). The molecule has 0 saturated heterocycles. The summed E-state index contributed by atoms with van der Waals surface area (Å²) in [6, 6.07) is 7.94. The molecule has 0 aliphatic carbocycles. The molecule has 0 fully saturated rings. The van der Waals surface area contributed by atoms with E-state index in [-0.39, 0.29) is 0 Å². The largest absolute Gasteiger partial charge is 0.397 e. The van der Waals surface area contributed by atoms with Crippen molar-refractivity contribution >= 4 is 11.4 Å². The first-order valence-electron chi connectivity index (χ1n) is 4.92. The molecule has 0 spiro atoms. The van der Waals surface area contributed by atoms with Gasteiger partial charge in [0.05, 0.1) is 11.4 Å². The summed E-state index contributed by atoms with van der Waals surface area (Å²) in [7, 11) is 2.06. The maximum absolute atomic E-state index is 5.86. The Morgan fingerprint density at radius 3 is 2.79 bits per heavy atom. The molecule has 1 aromatic carbocycles. The van der Waals surface area contributed by atoms with Crippen LogP contribution in [0.4, 0.5) is 11.4 Å². The number of hydrogen-bond acceptors (Lipinski definition) is 2. The molecule has 0 saturated carbocycles. The van der Waals surface area contributed by atoms with Gasteiger partial charge in [0.15, 0.2) is 0 Å². The van der Waals surface area contributed by atoms with Crippen LogP contribution < -0.4 is 10.6 Å². The molecule has 2 heteroatoms. The predicted molar refractivity (Wildman–Crippen MR) is 63.6 cm³/mol. The third-order valence-corrected chi connectivity index (χ3v) is 2.25. The zero-order valence-corrected chi connectivity index (χ0v) is 8.74. The van der Waals surface area contributed by atoms with Gasteiger partial charge in [0.25, 0.3) is 0 Å². The molecule has 0 aromatic heterocycles. The zero-order chi connectivity index (χ0) is 10.4. The third kappa shape index (κ3) is 2.80. The number of nitrogens with zero attached hydrogens (tertiary/aromatic N) is 1. The maximum Gasteiger partial charge on any atom is 0.0597 e. The summed E-state index contributed by atoms with van der Waals surface area (Å²) >= 11 is 0. The van der Waals surface area contributed by atoms with Gasteiger partial charge in [0.1, 0.15) is 0 Å². The van der Waals surface area contributed by atoms with Gasteiger partial charge in [-0.15, -0.1) is 6.58 Å². The smallest absolute Gasteiger partial charge is 0.0597 e. The fraction of sp³-hybridized carbons (Fsp3) is 0.333. The van der Waals surface area contributed by atoms with Crippen molar-refractivity contribution in [1.82, 2.24) is 0 Å². The van der Waals surface area contributed by atoms with Crippen molar-refractivity contribution in [2.45, 2.75) is 12.8 Å². The molecule has 0 atom stereocenters. The second-order valence-corrected chi connectivity index (χ2v) is 3.41. The van der Waals surface area contributed by atoms with E-state index < -0.39 is 0 Å². The Bertz CT molecular complexity index is 294. The summed E-state index contributed by atoms with van der Waals surface area (Å²) in [6.07, 6.45) is 4.12. The highest BCUT2D eigenvalue weighted by molar-refractivity contribution is 5.66. The lowest BCUT2D eigenvalue weighted by atomic mass is 10.2. The minimum absolute atomic E-state index is 0.841. The molecule has 0 unspecified atom stereocenters. The van der Waals surface area contributed by atoms with E-state index in [4.69, 9.17) is 5.73 Å². The number of unbranched alkanes of at least 4 members (excludes halogenated alkanes) is 1. The van der Waals surface area contributed by atoms with Gasteiger partial charge in [0.2, 0.25) is 0 Å². The molecule has 0 heterocycles. The first-order chi connectivity index (χ1) is 6.75. The zero-order valence-electron chi connectivity index (χ0n) is 8.74. The van der Waals surface area contributed by atoms with Crippen molar-refractivity contribution in [1.29, 1.82) is 0 Å². The molecular weight excluding hydrogens is 172 g/mol. The van der Waals surface area contributed by atoms with Crippen molar-refractivity contribution in [3.05, 3.63) is 36.9 Å². The molecular formula is C12H18N2. The summed E-state index contributed by atoms with van der Waals surface area (Å²) in [6.45, 7) is 4.72. The molecule has 14 heavy (non-hydrogen) atoms. The topological polar surface area (TPSA) is 29.3 Å². The van der Waals surface area contributed by atoms with Gasteiger partial charge >= 0.3 is 0 Å². The normalized spacial score (nSPS) is 9.79. The number of anilines is 2. The highest BCUT2D eigenvalue weighted by Crippen LogP contribution is 2.21. The van der Waals surface area contributed by atoms with Gasteiger partial charge in [0, 0.05) is 13.6 Å². The Labute approximate surface area is 86.0 Å². The van der Waals surface area contributed by atoms with Crippen LogP contribution in [0.2, 0.25) is 0 Å². The summed E-state index contributed by atoms with van der Waals surface area (Å²) in [5.41, 5.74) is 7.81. The number of nitrogens with two attached hydrogens (primary N) is 1. The second kappa shape index (κ2) is 5.32. The molecule has 1 aromatic rings. The van der Waals surface area contributed by atoms with Gasteiger partial charge in [-0.25, -0.2) is 0 Å². The Kier molecular flexibility index (Phi) is 4.05. The molecule has 0 radical (unpaired) electrons. The van der Waals surface area contributed by atoms with Crippen LogP contribution in [0, 0.1) is 0 Å². The van der Waals surface area contributed by atoms with E-state index in [0.29, 0.717) is 0 Å². The fourth-order valence-corrected chi connectivity index (χ4v) is 1.43. The Balaban J connectivity index is 2.55. The van der Waals surface area contributed by atoms with Crippen LogP contribution in [0.5, 0.6) is 0 Å². The number of allylic oxidation sites excluding steroid dienone is 1. The van der Waals surface area contributed by atoms with Crippen molar-refractivity contribution in [3.63, 3.8) is 0 Å². The standard InChI is InChI=1S/C12H18N2/c1-3-4-7-10-14(2)12-9-6-5-8-11(12)13/h3,5-6,8-9H,1,4,7,10,13H2,2H3. The highest BCUT2D eigenvalue weighted by atomic mass is 15.1. The Morgan fingerprint density at radius 2 is 2.14 bits per heavy atom. The van der Waals surface area contributed by atoms with Gasteiger partial charge in [-0.2, -0.15) is 0 Å². The Morgan fingerprint density at radius 1 is 1.43 bits per heavy atom. The minimum Gasteiger partial charge on any atom is -0.397 e. The van der Waals surface area contributed by atoms with Gasteiger partial charge in [-0.3, -0.25) is 0 Å². The minimum atomic E-state index is 0.841. The quantitative estimate of drug-likeness (QED) is 0.439. The van der Waals surface area contributed by atoms with Gasteiger partial charge < -0.3 is 10.6 Å². The highest BCUT2D eigenvalue weighted by Gasteiger charge is 2.02. The van der Waals surface area contributed by atoms with Crippen molar-refractivity contribution in [3.8, 4) is 0 Å². The van der Waals surface area contributed by atoms with E-state index >= 15 is 0 Å². The molecule has 2 nitrogen and oxygen atoms in total. The van der Waals surface area contributed by atoms with E-state index in [0.717, 1.165) is 30.8 Å². The van der Waals surface area contributed by atoms with Crippen LogP contribution in [-0.2, 0) is 0 Å². The first kappa shape index (κ1) is 10.6. The second-order valence-electron chi connectivity index (χ2n) is 3.41. The number of nitrogen functional groups attached to an aromatic ring is 1.